The number of phosphoric acid groups is 1. The third-order valence-electron chi connectivity index (χ3n) is 4.95. The van der Waals surface area contributed by atoms with E-state index < -0.39 is 19.9 Å². The van der Waals surface area contributed by atoms with Gasteiger partial charge in [-0.05, 0) is 84.2 Å². The Morgan fingerprint density at radius 3 is 1.98 bits per heavy atom. The van der Waals surface area contributed by atoms with Crippen molar-refractivity contribution in [3.05, 3.63) is 0 Å². The Hall–Kier alpha value is -3.12. The average Bonchev–Trinajstić information content (AvgIpc) is 2.91. The van der Waals surface area contributed by atoms with Gasteiger partial charge in [-0.15, -0.1) is 6.42 Å². The van der Waals surface area contributed by atoms with E-state index in [0.717, 1.165) is 38.5 Å². The zero-order valence-corrected chi connectivity index (χ0v) is 27.2. The summed E-state index contributed by atoms with van der Waals surface area (Å²) in [5.41, 5.74) is 0. The molecule has 0 saturated heterocycles. The highest BCUT2D eigenvalue weighted by Crippen LogP contribution is 2.43. The second-order valence-corrected chi connectivity index (χ2v) is 12.3. The van der Waals surface area contributed by atoms with Crippen LogP contribution in [0.4, 0.5) is 0 Å². The van der Waals surface area contributed by atoms with Crippen LogP contribution < -0.4 is 0 Å². The van der Waals surface area contributed by atoms with Crippen LogP contribution in [-0.4, -0.2) is 87.1 Å². The SMILES string of the molecule is C#CC#CC#CC#CC#CC#CSCC(COP(=O)(O)OCC[N+](C)(C)C)OCCCCCCCCOC(=O)CC(C)=O. The fourth-order valence-electron chi connectivity index (χ4n) is 2.84. The summed E-state index contributed by atoms with van der Waals surface area (Å²) in [5, 5.41) is 2.83. The number of likely N-dealkylation sites (N-methyl/N-ethyl adjacent to an activating group) is 1. The number of rotatable bonds is 21. The van der Waals surface area contributed by atoms with E-state index in [0.29, 0.717) is 30.0 Å². The normalized spacial score (nSPS) is 11.9. The molecule has 0 amide bonds. The van der Waals surface area contributed by atoms with E-state index in [1.165, 1.54) is 18.7 Å². The van der Waals surface area contributed by atoms with Gasteiger partial charge in [-0.1, -0.05) is 37.4 Å². The molecule has 2 unspecified atom stereocenters. The van der Waals surface area contributed by atoms with Gasteiger partial charge in [-0.3, -0.25) is 18.6 Å². The second-order valence-electron chi connectivity index (χ2n) is 10.0. The monoisotopic (exact) mass is 630 g/mol. The first kappa shape index (κ1) is 39.9. The van der Waals surface area contributed by atoms with Gasteiger partial charge in [0.1, 0.15) is 25.4 Å². The molecule has 0 aromatic carbocycles. The Labute approximate surface area is 261 Å². The zero-order chi connectivity index (χ0) is 32.2. The van der Waals surface area contributed by atoms with Crippen molar-refractivity contribution in [3.63, 3.8) is 0 Å². The summed E-state index contributed by atoms with van der Waals surface area (Å²) in [6.07, 6.45) is 9.70. The van der Waals surface area contributed by atoms with E-state index in [-0.39, 0.29) is 25.4 Å². The van der Waals surface area contributed by atoms with E-state index in [4.69, 9.17) is 24.9 Å². The maximum absolute atomic E-state index is 12.3. The number of phosphoric ester groups is 1. The van der Waals surface area contributed by atoms with E-state index in [2.05, 4.69) is 64.5 Å². The molecule has 43 heavy (non-hydrogen) atoms. The lowest BCUT2D eigenvalue weighted by Gasteiger charge is -2.24. The molecular weight excluding hydrogens is 589 g/mol. The second kappa shape index (κ2) is 25.4. The molecule has 232 valence electrons. The Kier molecular flexibility index (Phi) is 23.5. The molecule has 0 spiro atoms. The van der Waals surface area contributed by atoms with Crippen molar-refractivity contribution in [1.82, 2.24) is 0 Å². The largest absolute Gasteiger partial charge is 0.472 e. The summed E-state index contributed by atoms with van der Waals surface area (Å²) in [4.78, 5) is 32.3. The molecule has 11 heteroatoms. The predicted molar refractivity (Wildman–Crippen MR) is 168 cm³/mol. The van der Waals surface area contributed by atoms with Crippen LogP contribution in [0.15, 0.2) is 0 Å². The molecule has 0 heterocycles. The summed E-state index contributed by atoms with van der Waals surface area (Å²) >= 11 is 1.24. The minimum atomic E-state index is -4.23. The number of unbranched alkanes of at least 4 members (excludes halogenated alkanes) is 5. The van der Waals surface area contributed by atoms with Gasteiger partial charge in [0.15, 0.2) is 0 Å². The van der Waals surface area contributed by atoms with Crippen molar-refractivity contribution in [2.45, 2.75) is 58.0 Å². The van der Waals surface area contributed by atoms with Crippen LogP contribution in [0, 0.1) is 70.9 Å². The number of ether oxygens (including phenoxy) is 2. The molecule has 9 nitrogen and oxygen atoms in total. The Morgan fingerprint density at radius 2 is 1.40 bits per heavy atom. The highest BCUT2D eigenvalue weighted by molar-refractivity contribution is 8.03. The highest BCUT2D eigenvalue weighted by atomic mass is 32.2. The fraction of sp³-hybridized carbons (Fsp3) is 0.562. The summed E-state index contributed by atoms with van der Waals surface area (Å²) in [7, 11) is 1.63. The maximum atomic E-state index is 12.3. The van der Waals surface area contributed by atoms with Crippen molar-refractivity contribution < 1.29 is 42.1 Å². The quantitative estimate of drug-likeness (QED) is 0.0510. The standard InChI is InChI=1S/C32H40NO8PS/c1-6-7-8-9-10-11-12-15-18-21-26-43-29-31(28-41-42(36,37)40-25-22-33(3,4)5)38-23-19-16-13-14-17-20-24-39-32(35)27-30(2)34/h1,31H,13-14,16-17,19-20,22-25,27-29H2,2-5H3/p+1. The highest BCUT2D eigenvalue weighted by Gasteiger charge is 2.25. The predicted octanol–water partition coefficient (Wildman–Crippen LogP) is 3.42. The molecule has 0 aliphatic rings. The third kappa shape index (κ3) is 30.2. The van der Waals surface area contributed by atoms with Crippen LogP contribution in [0.1, 0.15) is 51.9 Å². The molecule has 0 saturated carbocycles. The molecule has 0 aromatic heterocycles. The number of ketones is 1. The third-order valence-corrected chi connectivity index (χ3v) is 6.72. The van der Waals surface area contributed by atoms with Crippen molar-refractivity contribution in [3.8, 4) is 70.9 Å². The summed E-state index contributed by atoms with van der Waals surface area (Å²) in [6, 6.07) is 0. The lowest BCUT2D eigenvalue weighted by molar-refractivity contribution is -0.870. The molecule has 0 fully saturated rings. The minimum Gasteiger partial charge on any atom is -0.465 e. The molecular formula is C32H41NO8PS+. The number of Topliss-reactive ketones (excluding diaryl/α,β-unsaturated/α-hetero) is 1. The maximum Gasteiger partial charge on any atom is 0.472 e. The average molecular weight is 631 g/mol. The van der Waals surface area contributed by atoms with Crippen LogP contribution in [0.5, 0.6) is 0 Å². The van der Waals surface area contributed by atoms with Crippen LogP contribution >= 0.6 is 19.6 Å². The Morgan fingerprint density at radius 1 is 0.837 bits per heavy atom. The molecule has 1 N–H and O–H groups in total. The van der Waals surface area contributed by atoms with E-state index >= 15 is 0 Å². The number of esters is 1. The molecule has 0 rings (SSSR count). The van der Waals surface area contributed by atoms with Gasteiger partial charge in [0, 0.05) is 12.4 Å². The van der Waals surface area contributed by atoms with Crippen molar-refractivity contribution in [1.29, 1.82) is 0 Å². The number of carbonyl (C=O) groups excluding carboxylic acids is 2. The first-order valence-corrected chi connectivity index (χ1v) is 16.2. The molecule has 0 aromatic rings. The number of nitrogens with zero attached hydrogens (tertiary/aromatic N) is 1. The van der Waals surface area contributed by atoms with Gasteiger partial charge in [0.25, 0.3) is 0 Å². The molecule has 0 radical (unpaired) electrons. The van der Waals surface area contributed by atoms with E-state index in [1.807, 2.05) is 21.1 Å². The summed E-state index contributed by atoms with van der Waals surface area (Å²) in [6.45, 7) is 2.62. The van der Waals surface area contributed by atoms with Crippen molar-refractivity contribution >= 4 is 31.3 Å². The molecule has 0 aliphatic heterocycles. The van der Waals surface area contributed by atoms with Gasteiger partial charge in [-0.25, -0.2) is 4.57 Å². The minimum absolute atomic E-state index is 0.0787. The zero-order valence-electron chi connectivity index (χ0n) is 25.5. The topological polar surface area (TPSA) is 108 Å². The first-order chi connectivity index (χ1) is 20.4. The van der Waals surface area contributed by atoms with Gasteiger partial charge in [0.2, 0.25) is 0 Å². The fourth-order valence-corrected chi connectivity index (χ4v) is 4.17. The van der Waals surface area contributed by atoms with Crippen LogP contribution in [0.25, 0.3) is 0 Å². The molecule has 2 atom stereocenters. The number of thioether (sulfide) groups is 1. The lowest BCUT2D eigenvalue weighted by Crippen LogP contribution is -2.37. The summed E-state index contributed by atoms with van der Waals surface area (Å²) < 4.78 is 34.1. The Balaban J connectivity index is 4.60. The van der Waals surface area contributed by atoms with Crippen LogP contribution in [0.3, 0.4) is 0 Å². The van der Waals surface area contributed by atoms with E-state index in [9.17, 15) is 19.0 Å². The van der Waals surface area contributed by atoms with E-state index in [1.54, 1.807) is 0 Å². The van der Waals surface area contributed by atoms with Crippen LogP contribution in [-0.2, 0) is 32.7 Å². The molecule has 0 aliphatic carbocycles. The molecule has 0 bridgehead atoms. The van der Waals surface area contributed by atoms with Crippen molar-refractivity contribution in [2.75, 3.05) is 59.9 Å². The van der Waals surface area contributed by atoms with Gasteiger partial charge in [-0.2, -0.15) is 0 Å². The number of terminal acetylenes is 1. The first-order valence-electron chi connectivity index (χ1n) is 13.7. The van der Waals surface area contributed by atoms with Crippen molar-refractivity contribution in [2.24, 2.45) is 0 Å². The Bertz CT molecular complexity index is 1270. The summed E-state index contributed by atoms with van der Waals surface area (Å²) in [5.74, 6) is 24.4. The number of carbonyl (C=O) groups is 2. The lowest BCUT2D eigenvalue weighted by atomic mass is 10.1. The smallest absolute Gasteiger partial charge is 0.465 e. The number of quaternary nitrogens is 1. The van der Waals surface area contributed by atoms with Gasteiger partial charge < -0.3 is 18.9 Å². The number of hydrogen-bond acceptors (Lipinski definition) is 8. The van der Waals surface area contributed by atoms with Gasteiger partial charge >= 0.3 is 13.8 Å². The number of hydrogen-bond donors (Lipinski definition) is 1. The van der Waals surface area contributed by atoms with Gasteiger partial charge in [0.05, 0.1) is 40.5 Å². The van der Waals surface area contributed by atoms with Crippen LogP contribution in [0.2, 0.25) is 0 Å².